The lowest BCUT2D eigenvalue weighted by Crippen LogP contribution is -2.42. The summed E-state index contributed by atoms with van der Waals surface area (Å²) in [5.41, 5.74) is 1.69. The van der Waals surface area contributed by atoms with E-state index in [9.17, 15) is 14.4 Å². The molecule has 1 aliphatic heterocycles. The molecule has 6 nitrogen and oxygen atoms in total. The van der Waals surface area contributed by atoms with E-state index in [-0.39, 0.29) is 17.7 Å². The van der Waals surface area contributed by atoms with Crippen LogP contribution in [-0.2, 0) is 9.59 Å². The number of nitrogens with zero attached hydrogens (tertiary/aromatic N) is 2. The van der Waals surface area contributed by atoms with Gasteiger partial charge in [0, 0.05) is 45.7 Å². The maximum Gasteiger partial charge on any atom is 0.253 e. The van der Waals surface area contributed by atoms with Crippen molar-refractivity contribution in [2.24, 2.45) is 5.92 Å². The van der Waals surface area contributed by atoms with Crippen molar-refractivity contribution >= 4 is 17.7 Å². The Labute approximate surface area is 136 Å². The molecule has 1 aliphatic rings. The number of amides is 3. The Morgan fingerprint density at radius 1 is 1.04 bits per heavy atom. The number of aryl methyl sites for hydroxylation is 1. The first-order chi connectivity index (χ1) is 10.9. The summed E-state index contributed by atoms with van der Waals surface area (Å²) in [6.45, 7) is 4.98. The van der Waals surface area contributed by atoms with Crippen molar-refractivity contribution in [3.05, 3.63) is 35.4 Å². The molecule has 23 heavy (non-hydrogen) atoms. The third-order valence-electron chi connectivity index (χ3n) is 4.17. The minimum Gasteiger partial charge on any atom is -0.359 e. The van der Waals surface area contributed by atoms with Crippen molar-refractivity contribution in [1.29, 1.82) is 0 Å². The number of benzene rings is 1. The number of hydrogen-bond acceptors (Lipinski definition) is 3. The predicted molar refractivity (Wildman–Crippen MR) is 86.9 cm³/mol. The fourth-order valence-electron chi connectivity index (χ4n) is 2.73. The van der Waals surface area contributed by atoms with Gasteiger partial charge in [-0.2, -0.15) is 0 Å². The molecule has 1 aromatic carbocycles. The summed E-state index contributed by atoms with van der Waals surface area (Å²) >= 11 is 0. The lowest BCUT2D eigenvalue weighted by molar-refractivity contribution is -0.130. The van der Waals surface area contributed by atoms with Crippen molar-refractivity contribution in [3.63, 3.8) is 0 Å². The van der Waals surface area contributed by atoms with Gasteiger partial charge < -0.3 is 15.1 Å². The highest BCUT2D eigenvalue weighted by atomic mass is 16.2. The van der Waals surface area contributed by atoms with E-state index in [1.165, 1.54) is 6.92 Å². The molecule has 6 heteroatoms. The normalized spacial score (nSPS) is 18.3. The average molecular weight is 317 g/mol. The summed E-state index contributed by atoms with van der Waals surface area (Å²) in [6, 6.07) is 7.37. The molecule has 0 aliphatic carbocycles. The number of nitrogens with one attached hydrogen (secondary N) is 1. The molecule has 1 fully saturated rings. The molecule has 124 valence electrons. The highest BCUT2D eigenvalue weighted by Crippen LogP contribution is 2.14. The minimum atomic E-state index is -0.416. The zero-order chi connectivity index (χ0) is 17.0. The Balaban J connectivity index is 2.20. The van der Waals surface area contributed by atoms with E-state index >= 15 is 0 Å². The standard InChI is InChI=1S/C17H23N3O3/c1-12-4-6-14(7-5-12)17(23)20-9-8-19(13(2)21)10-15(11-20)16(22)18-3/h4-7,15H,8-11H2,1-3H3,(H,18,22)/t15-/m1/s1. The molecule has 1 N–H and O–H groups in total. The van der Waals surface area contributed by atoms with E-state index in [2.05, 4.69) is 5.32 Å². The van der Waals surface area contributed by atoms with Crippen LogP contribution in [0, 0.1) is 12.8 Å². The average Bonchev–Trinajstić information content (AvgIpc) is 2.77. The predicted octanol–water partition coefficient (Wildman–Crippen LogP) is 0.662. The Bertz CT molecular complexity index is 598. The van der Waals surface area contributed by atoms with Crippen molar-refractivity contribution < 1.29 is 14.4 Å². The monoisotopic (exact) mass is 317 g/mol. The van der Waals surface area contributed by atoms with Gasteiger partial charge >= 0.3 is 0 Å². The van der Waals surface area contributed by atoms with E-state index in [4.69, 9.17) is 0 Å². The van der Waals surface area contributed by atoms with Gasteiger partial charge in [0.2, 0.25) is 11.8 Å². The van der Waals surface area contributed by atoms with E-state index in [0.717, 1.165) is 5.56 Å². The van der Waals surface area contributed by atoms with Gasteiger partial charge in [0.1, 0.15) is 0 Å². The molecule has 1 heterocycles. The summed E-state index contributed by atoms with van der Waals surface area (Å²) < 4.78 is 0. The summed E-state index contributed by atoms with van der Waals surface area (Å²) in [7, 11) is 1.57. The second-order valence-electron chi connectivity index (χ2n) is 5.89. The maximum absolute atomic E-state index is 12.7. The van der Waals surface area contributed by atoms with Crippen molar-refractivity contribution in [1.82, 2.24) is 15.1 Å². The number of carbonyl (C=O) groups excluding carboxylic acids is 3. The molecule has 0 saturated carbocycles. The first kappa shape index (κ1) is 17.0. The van der Waals surface area contributed by atoms with Gasteiger partial charge in [-0.05, 0) is 19.1 Å². The van der Waals surface area contributed by atoms with Crippen LogP contribution in [0.4, 0.5) is 0 Å². The molecule has 0 bridgehead atoms. The molecule has 0 unspecified atom stereocenters. The summed E-state index contributed by atoms with van der Waals surface area (Å²) in [6.07, 6.45) is 0. The van der Waals surface area contributed by atoms with Gasteiger partial charge in [0.25, 0.3) is 5.91 Å². The molecule has 0 radical (unpaired) electrons. The van der Waals surface area contributed by atoms with Crippen LogP contribution in [0.5, 0.6) is 0 Å². The van der Waals surface area contributed by atoms with Crippen LogP contribution in [0.15, 0.2) is 24.3 Å². The van der Waals surface area contributed by atoms with Crippen LogP contribution in [0.2, 0.25) is 0 Å². The van der Waals surface area contributed by atoms with Crippen LogP contribution < -0.4 is 5.32 Å². The molecule has 1 atom stereocenters. The van der Waals surface area contributed by atoms with E-state index in [0.29, 0.717) is 31.7 Å². The number of rotatable bonds is 2. The first-order valence-corrected chi connectivity index (χ1v) is 7.75. The van der Waals surface area contributed by atoms with Gasteiger partial charge in [-0.25, -0.2) is 0 Å². The van der Waals surface area contributed by atoms with E-state index < -0.39 is 5.92 Å². The Kier molecular flexibility index (Phi) is 5.36. The van der Waals surface area contributed by atoms with Crippen molar-refractivity contribution in [2.75, 3.05) is 33.2 Å². The summed E-state index contributed by atoms with van der Waals surface area (Å²) in [5, 5.41) is 2.61. The zero-order valence-corrected chi connectivity index (χ0v) is 13.8. The Morgan fingerprint density at radius 2 is 1.61 bits per heavy atom. The first-order valence-electron chi connectivity index (χ1n) is 7.75. The zero-order valence-electron chi connectivity index (χ0n) is 13.8. The van der Waals surface area contributed by atoms with Crippen LogP contribution in [0.3, 0.4) is 0 Å². The second-order valence-corrected chi connectivity index (χ2v) is 5.89. The number of hydrogen-bond donors (Lipinski definition) is 1. The van der Waals surface area contributed by atoms with Gasteiger partial charge in [-0.15, -0.1) is 0 Å². The van der Waals surface area contributed by atoms with Gasteiger partial charge in [-0.1, -0.05) is 17.7 Å². The SMILES string of the molecule is CNC(=O)[C@@H]1CN(C(C)=O)CCN(C(=O)c2ccc(C)cc2)C1. The van der Waals surface area contributed by atoms with Crippen molar-refractivity contribution in [3.8, 4) is 0 Å². The van der Waals surface area contributed by atoms with E-state index in [1.54, 1.807) is 29.0 Å². The molecular formula is C17H23N3O3. The Hall–Kier alpha value is -2.37. The maximum atomic E-state index is 12.7. The fourth-order valence-corrected chi connectivity index (χ4v) is 2.73. The molecule has 1 saturated heterocycles. The summed E-state index contributed by atoms with van der Waals surface area (Å²) in [5.74, 6) is -0.756. The third-order valence-corrected chi connectivity index (χ3v) is 4.17. The van der Waals surface area contributed by atoms with Crippen LogP contribution in [-0.4, -0.2) is 60.7 Å². The Morgan fingerprint density at radius 3 is 2.17 bits per heavy atom. The van der Waals surface area contributed by atoms with Gasteiger partial charge in [-0.3, -0.25) is 14.4 Å². The second kappa shape index (κ2) is 7.26. The molecule has 0 spiro atoms. The van der Waals surface area contributed by atoms with E-state index in [1.807, 2.05) is 19.1 Å². The number of carbonyl (C=O) groups is 3. The van der Waals surface area contributed by atoms with Gasteiger partial charge in [0.05, 0.1) is 5.92 Å². The fraction of sp³-hybridized carbons (Fsp3) is 0.471. The smallest absolute Gasteiger partial charge is 0.253 e. The third kappa shape index (κ3) is 4.09. The largest absolute Gasteiger partial charge is 0.359 e. The quantitative estimate of drug-likeness (QED) is 0.871. The van der Waals surface area contributed by atoms with Crippen molar-refractivity contribution in [2.45, 2.75) is 13.8 Å². The van der Waals surface area contributed by atoms with Crippen LogP contribution in [0.25, 0.3) is 0 Å². The van der Waals surface area contributed by atoms with Crippen LogP contribution in [0.1, 0.15) is 22.8 Å². The highest BCUT2D eigenvalue weighted by molar-refractivity contribution is 5.94. The molecular weight excluding hydrogens is 294 g/mol. The molecule has 3 amide bonds. The van der Waals surface area contributed by atoms with Crippen LogP contribution >= 0.6 is 0 Å². The highest BCUT2D eigenvalue weighted by Gasteiger charge is 2.30. The lowest BCUT2D eigenvalue weighted by atomic mass is 10.1. The van der Waals surface area contributed by atoms with Gasteiger partial charge in [0.15, 0.2) is 0 Å². The summed E-state index contributed by atoms with van der Waals surface area (Å²) in [4.78, 5) is 39.7. The molecule has 2 rings (SSSR count). The molecule has 0 aromatic heterocycles. The lowest BCUT2D eigenvalue weighted by Gasteiger charge is -2.23. The minimum absolute atomic E-state index is 0.0801. The molecule has 1 aromatic rings. The topological polar surface area (TPSA) is 69.7 Å².